The molecule has 0 atom stereocenters. The first-order chi connectivity index (χ1) is 34.5. The van der Waals surface area contributed by atoms with Gasteiger partial charge >= 0.3 is 0 Å². The van der Waals surface area contributed by atoms with Gasteiger partial charge in [-0.25, -0.2) is 0 Å². The van der Waals surface area contributed by atoms with Crippen molar-refractivity contribution >= 4 is 62.0 Å². The number of rotatable bonds is 9. The zero-order chi connectivity index (χ0) is 46.8. The molecule has 0 amide bonds. The minimum absolute atomic E-state index is 0.143. The molecule has 11 aromatic rings. The van der Waals surface area contributed by atoms with Crippen molar-refractivity contribution < 1.29 is 0 Å². The molecule has 0 unspecified atom stereocenters. The van der Waals surface area contributed by atoms with Crippen molar-refractivity contribution in [3.05, 3.63) is 265 Å². The Bertz CT molecular complexity index is 3790. The highest BCUT2D eigenvalue weighted by Crippen LogP contribution is 2.52. The van der Waals surface area contributed by atoms with Crippen molar-refractivity contribution in [3.63, 3.8) is 0 Å². The maximum absolute atomic E-state index is 2.46. The lowest BCUT2D eigenvalue weighted by molar-refractivity contribution is 0.660. The van der Waals surface area contributed by atoms with Crippen LogP contribution in [0.2, 0.25) is 0 Å². The van der Waals surface area contributed by atoms with E-state index in [9.17, 15) is 0 Å². The fourth-order valence-electron chi connectivity index (χ4n) is 11.4. The molecule has 13 rings (SSSR count). The van der Waals surface area contributed by atoms with E-state index in [2.05, 4.69) is 277 Å². The number of para-hydroxylation sites is 3. The Morgan fingerprint density at radius 3 is 1.80 bits per heavy atom. The monoisotopic (exact) mass is 897 g/mol. The highest BCUT2D eigenvalue weighted by Gasteiger charge is 2.36. The number of anilines is 6. The summed E-state index contributed by atoms with van der Waals surface area (Å²) < 4.78 is 2.46. The Hall–Kier alpha value is -8.66. The van der Waals surface area contributed by atoms with Gasteiger partial charge in [0.15, 0.2) is 0 Å². The van der Waals surface area contributed by atoms with Crippen LogP contribution in [0.4, 0.5) is 34.1 Å². The van der Waals surface area contributed by atoms with Gasteiger partial charge in [-0.05, 0) is 160 Å². The van der Waals surface area contributed by atoms with Gasteiger partial charge in [0, 0.05) is 55.9 Å². The molecule has 3 heteroatoms. The molecule has 0 saturated heterocycles. The molecular weight excluding hydrogens is 847 g/mol. The van der Waals surface area contributed by atoms with E-state index in [-0.39, 0.29) is 5.41 Å². The predicted octanol–water partition coefficient (Wildman–Crippen LogP) is 18.3. The Balaban J connectivity index is 1.04. The Morgan fingerprint density at radius 1 is 0.400 bits per heavy atom. The van der Waals surface area contributed by atoms with Gasteiger partial charge in [0.25, 0.3) is 0 Å². The molecule has 2 aliphatic carbocycles. The molecule has 1 heterocycles. The lowest BCUT2D eigenvalue weighted by atomic mass is 9.82. The summed E-state index contributed by atoms with van der Waals surface area (Å²) in [5.74, 6) is 0. The number of aryl methyl sites for hydroxylation is 1. The van der Waals surface area contributed by atoms with Crippen LogP contribution in [0.3, 0.4) is 0 Å². The van der Waals surface area contributed by atoms with E-state index in [0.29, 0.717) is 0 Å². The van der Waals surface area contributed by atoms with Crippen molar-refractivity contribution in [2.45, 2.75) is 32.1 Å². The van der Waals surface area contributed by atoms with E-state index >= 15 is 0 Å². The molecule has 3 nitrogen and oxygen atoms in total. The Labute approximate surface area is 410 Å². The summed E-state index contributed by atoms with van der Waals surface area (Å²) in [6.07, 6.45) is 6.69. The molecule has 1 aromatic heterocycles. The zero-order valence-electron chi connectivity index (χ0n) is 39.4. The Kier molecular flexibility index (Phi) is 9.99. The minimum Gasteiger partial charge on any atom is -0.310 e. The molecule has 70 heavy (non-hydrogen) atoms. The molecule has 0 fully saturated rings. The number of benzene rings is 10. The van der Waals surface area contributed by atoms with Crippen LogP contribution in [0, 0.1) is 0 Å². The molecule has 334 valence electrons. The van der Waals surface area contributed by atoms with E-state index in [0.717, 1.165) is 58.1 Å². The van der Waals surface area contributed by atoms with E-state index in [4.69, 9.17) is 0 Å². The predicted molar refractivity (Wildman–Crippen MR) is 296 cm³/mol. The van der Waals surface area contributed by atoms with E-state index < -0.39 is 0 Å². The van der Waals surface area contributed by atoms with Gasteiger partial charge in [-0.3, -0.25) is 0 Å². The van der Waals surface area contributed by atoms with Crippen LogP contribution in [0.15, 0.2) is 243 Å². The van der Waals surface area contributed by atoms with Gasteiger partial charge in [-0.2, -0.15) is 0 Å². The van der Waals surface area contributed by atoms with Crippen LogP contribution in [-0.4, -0.2) is 4.57 Å². The van der Waals surface area contributed by atoms with Gasteiger partial charge in [0.2, 0.25) is 0 Å². The van der Waals surface area contributed by atoms with E-state index in [1.54, 1.807) is 0 Å². The molecule has 0 bridgehead atoms. The van der Waals surface area contributed by atoms with Gasteiger partial charge in [0.05, 0.1) is 16.7 Å². The lowest BCUT2D eigenvalue weighted by Crippen LogP contribution is -2.17. The van der Waals surface area contributed by atoms with E-state index in [1.807, 2.05) is 0 Å². The van der Waals surface area contributed by atoms with Crippen LogP contribution >= 0.6 is 0 Å². The number of hydrogen-bond acceptors (Lipinski definition) is 2. The summed E-state index contributed by atoms with van der Waals surface area (Å²) in [5, 5.41) is 2.46. The van der Waals surface area contributed by atoms with Gasteiger partial charge in [-0.1, -0.05) is 166 Å². The zero-order valence-corrected chi connectivity index (χ0v) is 39.4. The average Bonchev–Trinajstić information content (AvgIpc) is 3.87. The molecule has 0 N–H and O–H groups in total. The van der Waals surface area contributed by atoms with Gasteiger partial charge < -0.3 is 14.4 Å². The molecule has 0 spiro atoms. The van der Waals surface area contributed by atoms with Gasteiger partial charge in [-0.15, -0.1) is 0 Å². The largest absolute Gasteiger partial charge is 0.310 e. The molecule has 0 aliphatic heterocycles. The van der Waals surface area contributed by atoms with Crippen molar-refractivity contribution in [2.24, 2.45) is 0 Å². The summed E-state index contributed by atoms with van der Waals surface area (Å²) in [7, 11) is 0. The third-order valence-corrected chi connectivity index (χ3v) is 14.8. The third kappa shape index (κ3) is 6.96. The maximum atomic E-state index is 2.46. The first kappa shape index (κ1) is 41.5. The van der Waals surface area contributed by atoms with Crippen LogP contribution in [0.25, 0.3) is 66.9 Å². The smallest absolute Gasteiger partial charge is 0.0541 e. The second-order valence-electron chi connectivity index (χ2n) is 19.3. The first-order valence-corrected chi connectivity index (χ1v) is 24.6. The van der Waals surface area contributed by atoms with Crippen molar-refractivity contribution in [1.29, 1.82) is 0 Å². The molecule has 2 aliphatic rings. The highest BCUT2D eigenvalue weighted by molar-refractivity contribution is 6.11. The molecule has 10 aromatic carbocycles. The van der Waals surface area contributed by atoms with Crippen LogP contribution in [0.5, 0.6) is 0 Å². The lowest BCUT2D eigenvalue weighted by Gasteiger charge is -2.31. The van der Waals surface area contributed by atoms with Crippen molar-refractivity contribution in [2.75, 3.05) is 9.80 Å². The highest BCUT2D eigenvalue weighted by atomic mass is 15.2. The molecule has 0 radical (unpaired) electrons. The average molecular weight is 898 g/mol. The number of hydrogen-bond donors (Lipinski definition) is 0. The van der Waals surface area contributed by atoms with Crippen molar-refractivity contribution in [1.82, 2.24) is 4.57 Å². The quantitative estimate of drug-likeness (QED) is 0.143. The number of nitrogens with zero attached hydrogens (tertiary/aromatic N) is 3. The van der Waals surface area contributed by atoms with Crippen LogP contribution < -0.4 is 9.80 Å². The summed E-state index contributed by atoms with van der Waals surface area (Å²) in [6, 6.07) is 87.3. The Morgan fingerprint density at radius 2 is 1.00 bits per heavy atom. The van der Waals surface area contributed by atoms with Crippen molar-refractivity contribution in [3.8, 4) is 39.1 Å². The summed E-state index contributed by atoms with van der Waals surface area (Å²) in [5.41, 5.74) is 22.7. The summed E-state index contributed by atoms with van der Waals surface area (Å²) in [6.45, 7) is 4.73. The number of fused-ring (bicyclic) bond motifs is 7. The molecule has 0 saturated carbocycles. The fraction of sp³-hybridized carbons (Fsp3) is 0.0746. The third-order valence-electron chi connectivity index (χ3n) is 14.8. The van der Waals surface area contributed by atoms with Crippen LogP contribution in [0.1, 0.15) is 42.5 Å². The normalized spacial score (nSPS) is 13.2. The second-order valence-corrected chi connectivity index (χ2v) is 19.3. The SMILES string of the molecule is CC1(C)c2ccccc2-c2ccc(N(c3ccccc3)c3ccc(N(c4ccccc4)c4ccc(-c5ccccc5)cc4)c(-c4ccc5c(c4)c4ccccc4n5-c4ccc5c(c4)CCC=C5)c3)cc21. The number of aromatic nitrogens is 1. The fourth-order valence-corrected chi connectivity index (χ4v) is 11.4. The van der Waals surface area contributed by atoms with Gasteiger partial charge in [0.1, 0.15) is 0 Å². The molecular formula is C67H51N3. The van der Waals surface area contributed by atoms with Crippen LogP contribution in [-0.2, 0) is 11.8 Å². The standard InChI is InChI=1S/C67H51N3/c1-67(2)62-28-16-14-26-57(62)58-39-37-56(45-63(58)67)68(51-22-8-4-9-23-51)55-38-41-65(69(52-24-10-5-11-25-52)53-34-30-48(31-35-53)46-18-6-3-7-19-46)60(44-55)50-33-40-66-61(43-50)59-27-15-17-29-64(59)70(66)54-36-32-47-20-12-13-21-49(47)42-54/h3-12,14-20,22-45H,13,21H2,1-2H3. The summed E-state index contributed by atoms with van der Waals surface area (Å²) in [4.78, 5) is 4.86. The first-order valence-electron chi connectivity index (χ1n) is 24.6. The number of allylic oxidation sites excluding steroid dienone is 1. The second kappa shape index (κ2) is 16.8. The topological polar surface area (TPSA) is 11.4 Å². The minimum atomic E-state index is -0.143. The summed E-state index contributed by atoms with van der Waals surface area (Å²) >= 11 is 0. The maximum Gasteiger partial charge on any atom is 0.0541 e. The van der Waals surface area contributed by atoms with E-state index in [1.165, 1.54) is 72.0 Å².